The number of hydrogen-bond donors (Lipinski definition) is 1. The highest BCUT2D eigenvalue weighted by Crippen LogP contribution is 2.25. The molecule has 0 aliphatic rings. The van der Waals surface area contributed by atoms with Crippen molar-refractivity contribution in [2.45, 2.75) is 6.92 Å². The molecule has 0 aliphatic carbocycles. The summed E-state index contributed by atoms with van der Waals surface area (Å²) < 4.78 is 10.5. The quantitative estimate of drug-likeness (QED) is 0.590. The molecule has 5 heteroatoms. The predicted octanol–water partition coefficient (Wildman–Crippen LogP) is 3.11. The van der Waals surface area contributed by atoms with Gasteiger partial charge in [-0.15, -0.1) is 0 Å². The number of ketones is 1. The molecule has 21 heavy (non-hydrogen) atoms. The van der Waals surface area contributed by atoms with Gasteiger partial charge in [0.1, 0.15) is 5.58 Å². The molecule has 1 N–H and O–H groups in total. The maximum atomic E-state index is 12.0. The summed E-state index contributed by atoms with van der Waals surface area (Å²) in [5.41, 5.74) is 1.74. The molecular formula is C16H13NO4. The van der Waals surface area contributed by atoms with E-state index in [1.54, 1.807) is 31.3 Å². The van der Waals surface area contributed by atoms with Crippen molar-refractivity contribution in [3.8, 4) is 0 Å². The average Bonchev–Trinajstić information content (AvgIpc) is 3.13. The summed E-state index contributed by atoms with van der Waals surface area (Å²) in [5.74, 6) is -0.791. The first-order chi connectivity index (χ1) is 10.2. The largest absolute Gasteiger partial charge is 0.451 e. The van der Waals surface area contributed by atoms with Gasteiger partial charge in [-0.05, 0) is 25.1 Å². The highest BCUT2D eigenvalue weighted by Gasteiger charge is 2.20. The molecule has 0 aliphatic heterocycles. The molecule has 106 valence electrons. The van der Waals surface area contributed by atoms with Crippen LogP contribution >= 0.6 is 0 Å². The number of Topliss-reactive ketones (excluding diaryl/α,β-unsaturated/α-hetero) is 1. The van der Waals surface area contributed by atoms with Gasteiger partial charge in [-0.25, -0.2) is 4.79 Å². The predicted molar refractivity (Wildman–Crippen MR) is 76.4 cm³/mol. The third-order valence-electron chi connectivity index (χ3n) is 3.26. The third-order valence-corrected chi connectivity index (χ3v) is 3.26. The fourth-order valence-electron chi connectivity index (χ4n) is 2.15. The lowest BCUT2D eigenvalue weighted by atomic mass is 10.1. The highest BCUT2D eigenvalue weighted by atomic mass is 16.5. The van der Waals surface area contributed by atoms with E-state index in [9.17, 15) is 9.59 Å². The van der Waals surface area contributed by atoms with E-state index in [0.29, 0.717) is 16.8 Å². The van der Waals surface area contributed by atoms with E-state index in [1.165, 1.54) is 0 Å². The van der Waals surface area contributed by atoms with E-state index >= 15 is 0 Å². The van der Waals surface area contributed by atoms with Crippen molar-refractivity contribution in [2.24, 2.45) is 0 Å². The molecular weight excluding hydrogens is 270 g/mol. The Balaban J connectivity index is 1.75. The molecule has 5 nitrogen and oxygen atoms in total. The first kappa shape index (κ1) is 13.2. The number of nitrogens with one attached hydrogen (secondary N) is 1. The van der Waals surface area contributed by atoms with Crippen molar-refractivity contribution in [2.75, 3.05) is 6.61 Å². The Morgan fingerprint density at radius 3 is 2.71 bits per heavy atom. The van der Waals surface area contributed by atoms with E-state index in [0.717, 1.165) is 5.39 Å². The molecule has 0 saturated carbocycles. The molecule has 0 unspecified atom stereocenters. The van der Waals surface area contributed by atoms with Crippen molar-refractivity contribution in [1.82, 2.24) is 4.98 Å². The summed E-state index contributed by atoms with van der Waals surface area (Å²) in [6.07, 6.45) is 1.64. The normalized spacial score (nSPS) is 10.7. The number of aromatic amines is 1. The molecule has 0 spiro atoms. The molecule has 0 radical (unpaired) electrons. The van der Waals surface area contributed by atoms with Crippen LogP contribution in [-0.2, 0) is 4.74 Å². The second kappa shape index (κ2) is 5.28. The van der Waals surface area contributed by atoms with Gasteiger partial charge in [0, 0.05) is 17.1 Å². The van der Waals surface area contributed by atoms with E-state index in [-0.39, 0.29) is 18.2 Å². The van der Waals surface area contributed by atoms with Crippen molar-refractivity contribution >= 4 is 22.7 Å². The number of para-hydroxylation sites is 1. The van der Waals surface area contributed by atoms with Crippen molar-refractivity contribution in [3.05, 3.63) is 59.6 Å². The van der Waals surface area contributed by atoms with Gasteiger partial charge in [0.25, 0.3) is 0 Å². The minimum atomic E-state index is -0.636. The summed E-state index contributed by atoms with van der Waals surface area (Å²) in [6.45, 7) is 1.46. The summed E-state index contributed by atoms with van der Waals surface area (Å²) in [5, 5.41) is 0.861. The summed E-state index contributed by atoms with van der Waals surface area (Å²) >= 11 is 0. The molecule has 0 amide bonds. The van der Waals surface area contributed by atoms with Gasteiger partial charge in [0.2, 0.25) is 11.5 Å². The van der Waals surface area contributed by atoms with Crippen LogP contribution in [0.3, 0.4) is 0 Å². The molecule has 3 rings (SSSR count). The first-order valence-electron chi connectivity index (χ1n) is 6.48. The summed E-state index contributed by atoms with van der Waals surface area (Å²) in [4.78, 5) is 26.6. The molecule has 0 atom stereocenters. The zero-order chi connectivity index (χ0) is 14.8. The van der Waals surface area contributed by atoms with Crippen molar-refractivity contribution in [1.29, 1.82) is 0 Å². The third kappa shape index (κ3) is 2.45. The number of rotatable bonds is 4. The van der Waals surface area contributed by atoms with Crippen LogP contribution in [0.25, 0.3) is 11.0 Å². The van der Waals surface area contributed by atoms with E-state index in [1.807, 2.05) is 18.2 Å². The fourth-order valence-corrected chi connectivity index (χ4v) is 2.15. The molecule has 2 heterocycles. The van der Waals surface area contributed by atoms with Gasteiger partial charge in [0.05, 0.1) is 5.69 Å². The van der Waals surface area contributed by atoms with Crippen LogP contribution < -0.4 is 0 Å². The number of carbonyl (C=O) groups excluding carboxylic acids is 2. The average molecular weight is 283 g/mol. The minimum Gasteiger partial charge on any atom is -0.451 e. The SMILES string of the molecule is Cc1c(C(=O)OCC(=O)c2ccc[nH]2)oc2ccccc12. The van der Waals surface area contributed by atoms with Gasteiger partial charge in [0.15, 0.2) is 6.61 Å². The van der Waals surface area contributed by atoms with Gasteiger partial charge >= 0.3 is 5.97 Å². The summed E-state index contributed by atoms with van der Waals surface area (Å²) in [7, 11) is 0. The number of H-pyrrole nitrogens is 1. The van der Waals surface area contributed by atoms with E-state index < -0.39 is 5.97 Å². The number of benzene rings is 1. The summed E-state index contributed by atoms with van der Waals surface area (Å²) in [6, 6.07) is 10.7. The number of aromatic nitrogens is 1. The Hall–Kier alpha value is -2.82. The monoisotopic (exact) mass is 283 g/mol. The molecule has 3 aromatic rings. The number of aryl methyl sites for hydroxylation is 1. The Bertz CT molecular complexity index is 799. The van der Waals surface area contributed by atoms with Gasteiger partial charge in [-0.1, -0.05) is 18.2 Å². The smallest absolute Gasteiger partial charge is 0.375 e. The minimum absolute atomic E-state index is 0.135. The van der Waals surface area contributed by atoms with Gasteiger partial charge in [-0.2, -0.15) is 0 Å². The van der Waals surface area contributed by atoms with Crippen LogP contribution in [0.1, 0.15) is 26.6 Å². The first-order valence-corrected chi connectivity index (χ1v) is 6.48. The number of fused-ring (bicyclic) bond motifs is 1. The maximum absolute atomic E-state index is 12.0. The molecule has 0 fully saturated rings. The van der Waals surface area contributed by atoms with Gasteiger partial charge in [-0.3, -0.25) is 4.79 Å². The van der Waals surface area contributed by atoms with Crippen LogP contribution in [0, 0.1) is 6.92 Å². The van der Waals surface area contributed by atoms with Crippen LogP contribution in [0.5, 0.6) is 0 Å². The number of esters is 1. The fraction of sp³-hybridized carbons (Fsp3) is 0.125. The topological polar surface area (TPSA) is 72.3 Å². The molecule has 0 saturated heterocycles. The van der Waals surface area contributed by atoms with E-state index in [4.69, 9.17) is 9.15 Å². The highest BCUT2D eigenvalue weighted by molar-refractivity contribution is 5.99. The molecule has 0 bridgehead atoms. The van der Waals surface area contributed by atoms with Crippen molar-refractivity contribution in [3.63, 3.8) is 0 Å². The Morgan fingerprint density at radius 1 is 1.19 bits per heavy atom. The Kier molecular flexibility index (Phi) is 3.31. The lowest BCUT2D eigenvalue weighted by Gasteiger charge is -2.01. The second-order valence-electron chi connectivity index (χ2n) is 4.64. The zero-order valence-electron chi connectivity index (χ0n) is 11.4. The number of ether oxygens (including phenoxy) is 1. The number of hydrogen-bond acceptors (Lipinski definition) is 4. The lowest BCUT2D eigenvalue weighted by molar-refractivity contribution is 0.0444. The molecule has 2 aromatic heterocycles. The molecule has 1 aromatic carbocycles. The van der Waals surface area contributed by atoms with E-state index in [2.05, 4.69) is 4.98 Å². The van der Waals surface area contributed by atoms with Crippen LogP contribution in [0.4, 0.5) is 0 Å². The Morgan fingerprint density at radius 2 is 2.00 bits per heavy atom. The van der Waals surface area contributed by atoms with Crippen molar-refractivity contribution < 1.29 is 18.7 Å². The van der Waals surface area contributed by atoms with Crippen LogP contribution in [0.15, 0.2) is 47.0 Å². The zero-order valence-corrected chi connectivity index (χ0v) is 11.4. The Labute approximate surface area is 120 Å². The second-order valence-corrected chi connectivity index (χ2v) is 4.64. The van der Waals surface area contributed by atoms with Crippen LogP contribution in [0.2, 0.25) is 0 Å². The standard InChI is InChI=1S/C16H13NO4/c1-10-11-5-2-3-7-14(11)21-15(10)16(19)20-9-13(18)12-6-4-8-17-12/h2-8,17H,9H2,1H3. The lowest BCUT2D eigenvalue weighted by Crippen LogP contribution is -2.14. The maximum Gasteiger partial charge on any atom is 0.375 e. The van der Waals surface area contributed by atoms with Gasteiger partial charge < -0.3 is 14.1 Å². The van der Waals surface area contributed by atoms with Crippen LogP contribution in [-0.4, -0.2) is 23.3 Å². The number of carbonyl (C=O) groups is 2. The number of furan rings is 1.